The van der Waals surface area contributed by atoms with Gasteiger partial charge in [0.15, 0.2) is 17.5 Å². The fourth-order valence-corrected chi connectivity index (χ4v) is 8.45. The summed E-state index contributed by atoms with van der Waals surface area (Å²) in [4.78, 5) is 20.0. The van der Waals surface area contributed by atoms with Crippen molar-refractivity contribution in [3.05, 3.63) is 194 Å². The zero-order chi connectivity index (χ0) is 39.6. The van der Waals surface area contributed by atoms with E-state index in [0.717, 1.165) is 105 Å². The molecule has 8 aromatic carbocycles. The number of rotatable bonds is 6. The number of furan rings is 2. The summed E-state index contributed by atoms with van der Waals surface area (Å²) in [5, 5.41) is 6.54. The van der Waals surface area contributed by atoms with Crippen LogP contribution in [0.5, 0.6) is 0 Å². The molecule has 0 aliphatic carbocycles. The molecule has 60 heavy (non-hydrogen) atoms. The van der Waals surface area contributed by atoms with Crippen LogP contribution in [0.4, 0.5) is 0 Å². The SMILES string of the molecule is c1cncc(-c2ccc(-c3nc(-c4cc(-c5cccc6c5oc5ccccc56)cc(-c5cccc6c5oc5ccccc56)c4)nc(-c4ccc5ccccc5c4)n3)cc2)c1. The lowest BCUT2D eigenvalue weighted by molar-refractivity contribution is 0.670. The Kier molecular flexibility index (Phi) is 7.74. The Bertz CT molecular complexity index is 3480. The molecule has 0 atom stereocenters. The molecule has 0 N–H and O–H groups in total. The molecule has 0 saturated heterocycles. The van der Waals surface area contributed by atoms with Gasteiger partial charge in [-0.15, -0.1) is 0 Å². The number of benzene rings is 8. The van der Waals surface area contributed by atoms with Gasteiger partial charge in [-0.05, 0) is 75.5 Å². The number of pyridine rings is 1. The maximum Gasteiger partial charge on any atom is 0.164 e. The molecule has 0 unspecified atom stereocenters. The van der Waals surface area contributed by atoms with Crippen molar-refractivity contribution in [3.8, 4) is 67.5 Å². The minimum absolute atomic E-state index is 0.552. The van der Waals surface area contributed by atoms with E-state index >= 15 is 0 Å². The molecule has 0 spiro atoms. The van der Waals surface area contributed by atoms with Crippen LogP contribution in [0.15, 0.2) is 203 Å². The summed E-state index contributed by atoms with van der Waals surface area (Å²) in [5.74, 6) is 1.71. The number of fused-ring (bicyclic) bond motifs is 7. The van der Waals surface area contributed by atoms with Crippen molar-refractivity contribution < 1.29 is 8.83 Å². The fourth-order valence-electron chi connectivity index (χ4n) is 8.45. The molecule has 0 fully saturated rings. The van der Waals surface area contributed by atoms with Gasteiger partial charge in [-0.1, -0.05) is 140 Å². The zero-order valence-corrected chi connectivity index (χ0v) is 32.1. The van der Waals surface area contributed by atoms with Gasteiger partial charge in [-0.3, -0.25) is 4.98 Å². The van der Waals surface area contributed by atoms with E-state index in [9.17, 15) is 0 Å². The van der Waals surface area contributed by atoms with Gasteiger partial charge in [-0.2, -0.15) is 0 Å². The number of para-hydroxylation sites is 4. The average Bonchev–Trinajstić information content (AvgIpc) is 3.90. The third-order valence-electron chi connectivity index (χ3n) is 11.4. The highest BCUT2D eigenvalue weighted by atomic mass is 16.3. The van der Waals surface area contributed by atoms with E-state index in [1.54, 1.807) is 6.20 Å². The molecule has 6 heteroatoms. The van der Waals surface area contributed by atoms with Crippen LogP contribution < -0.4 is 0 Å². The first-order valence-corrected chi connectivity index (χ1v) is 19.9. The molecule has 0 amide bonds. The van der Waals surface area contributed by atoms with Gasteiger partial charge in [0.05, 0.1) is 0 Å². The van der Waals surface area contributed by atoms with E-state index in [1.807, 2.05) is 36.5 Å². The maximum atomic E-state index is 6.61. The molecule has 0 bridgehead atoms. The molecule has 6 nitrogen and oxygen atoms in total. The lowest BCUT2D eigenvalue weighted by Crippen LogP contribution is -2.01. The van der Waals surface area contributed by atoms with E-state index in [4.69, 9.17) is 23.8 Å². The predicted octanol–water partition coefficient (Wildman–Crippen LogP) is 14.2. The standard InChI is InChI=1S/C54H32N4O2/c1-2-11-36-28-37(26-23-33(36)10-1)53-56-52(35-24-21-34(22-25-35)38-12-9-27-55-32-38)57-54(58-53)41-30-39(42-15-7-17-46-44-13-3-5-19-48(44)59-50(42)46)29-40(31-41)43-16-8-18-47-45-14-4-6-20-49(45)60-51(43)47/h1-32H. The minimum atomic E-state index is 0.552. The van der Waals surface area contributed by atoms with Gasteiger partial charge in [0.2, 0.25) is 0 Å². The van der Waals surface area contributed by atoms with E-state index in [0.29, 0.717) is 17.5 Å². The quantitative estimate of drug-likeness (QED) is 0.168. The Morgan fingerprint density at radius 3 is 1.47 bits per heavy atom. The van der Waals surface area contributed by atoms with Crippen LogP contribution in [0.3, 0.4) is 0 Å². The van der Waals surface area contributed by atoms with Crippen LogP contribution >= 0.6 is 0 Å². The van der Waals surface area contributed by atoms with Crippen molar-refractivity contribution >= 4 is 54.6 Å². The molecule has 4 heterocycles. The number of aromatic nitrogens is 4. The molecular formula is C54H32N4O2. The summed E-state index contributed by atoms with van der Waals surface area (Å²) < 4.78 is 13.2. The predicted molar refractivity (Wildman–Crippen MR) is 242 cm³/mol. The van der Waals surface area contributed by atoms with Crippen molar-refractivity contribution in [2.24, 2.45) is 0 Å². The lowest BCUT2D eigenvalue weighted by Gasteiger charge is -2.13. The third-order valence-corrected chi connectivity index (χ3v) is 11.4. The molecule has 0 aliphatic heterocycles. The van der Waals surface area contributed by atoms with Crippen LogP contribution in [0.2, 0.25) is 0 Å². The number of hydrogen-bond acceptors (Lipinski definition) is 6. The smallest absolute Gasteiger partial charge is 0.164 e. The van der Waals surface area contributed by atoms with Crippen LogP contribution in [0.25, 0.3) is 122 Å². The van der Waals surface area contributed by atoms with E-state index in [2.05, 4.69) is 157 Å². The van der Waals surface area contributed by atoms with Gasteiger partial charge >= 0.3 is 0 Å². The van der Waals surface area contributed by atoms with Gasteiger partial charge in [0, 0.05) is 61.8 Å². The molecule has 280 valence electrons. The van der Waals surface area contributed by atoms with Crippen molar-refractivity contribution in [2.75, 3.05) is 0 Å². The second-order valence-electron chi connectivity index (χ2n) is 15.0. The zero-order valence-electron chi connectivity index (χ0n) is 32.1. The van der Waals surface area contributed by atoms with Crippen molar-refractivity contribution in [2.45, 2.75) is 0 Å². The lowest BCUT2D eigenvalue weighted by atomic mass is 9.94. The summed E-state index contributed by atoms with van der Waals surface area (Å²) >= 11 is 0. The van der Waals surface area contributed by atoms with E-state index < -0.39 is 0 Å². The first-order chi connectivity index (χ1) is 29.7. The van der Waals surface area contributed by atoms with E-state index in [1.165, 1.54) is 0 Å². The van der Waals surface area contributed by atoms with Crippen LogP contribution in [0.1, 0.15) is 0 Å². The Morgan fingerprint density at radius 1 is 0.317 bits per heavy atom. The Hall–Kier alpha value is -8.22. The molecule has 4 aromatic heterocycles. The Labute approximate surface area is 344 Å². The second kappa shape index (κ2) is 13.7. The van der Waals surface area contributed by atoms with Gasteiger partial charge in [0.25, 0.3) is 0 Å². The molecular weight excluding hydrogens is 737 g/mol. The van der Waals surface area contributed by atoms with Crippen molar-refractivity contribution in [1.29, 1.82) is 0 Å². The molecule has 12 rings (SSSR count). The molecule has 0 saturated carbocycles. The first kappa shape index (κ1) is 33.9. The molecule has 0 radical (unpaired) electrons. The number of nitrogens with zero attached hydrogens (tertiary/aromatic N) is 4. The van der Waals surface area contributed by atoms with Crippen LogP contribution in [-0.2, 0) is 0 Å². The minimum Gasteiger partial charge on any atom is -0.455 e. The van der Waals surface area contributed by atoms with Crippen molar-refractivity contribution in [1.82, 2.24) is 19.9 Å². The van der Waals surface area contributed by atoms with Crippen LogP contribution in [-0.4, -0.2) is 19.9 Å². The topological polar surface area (TPSA) is 77.8 Å². The summed E-state index contributed by atoms with van der Waals surface area (Å²) in [6.07, 6.45) is 3.66. The Morgan fingerprint density at radius 2 is 0.833 bits per heavy atom. The molecule has 0 aliphatic rings. The highest BCUT2D eigenvalue weighted by Crippen LogP contribution is 2.42. The van der Waals surface area contributed by atoms with Gasteiger partial charge in [-0.25, -0.2) is 15.0 Å². The number of hydrogen-bond donors (Lipinski definition) is 0. The van der Waals surface area contributed by atoms with Gasteiger partial charge < -0.3 is 8.83 Å². The van der Waals surface area contributed by atoms with E-state index in [-0.39, 0.29) is 0 Å². The second-order valence-corrected chi connectivity index (χ2v) is 15.0. The third kappa shape index (κ3) is 5.73. The molecule has 12 aromatic rings. The fraction of sp³-hybridized carbons (Fsp3) is 0. The Balaban J connectivity index is 1.10. The van der Waals surface area contributed by atoms with Gasteiger partial charge in [0.1, 0.15) is 22.3 Å². The summed E-state index contributed by atoms with van der Waals surface area (Å²) in [7, 11) is 0. The largest absolute Gasteiger partial charge is 0.455 e. The highest BCUT2D eigenvalue weighted by Gasteiger charge is 2.20. The maximum absolute atomic E-state index is 6.61. The highest BCUT2D eigenvalue weighted by molar-refractivity contribution is 6.11. The van der Waals surface area contributed by atoms with Crippen LogP contribution in [0, 0.1) is 0 Å². The summed E-state index contributed by atoms with van der Waals surface area (Å²) in [5.41, 5.74) is 11.9. The first-order valence-electron chi connectivity index (χ1n) is 19.9. The summed E-state index contributed by atoms with van der Waals surface area (Å²) in [6, 6.07) is 62.6. The normalized spacial score (nSPS) is 11.7. The summed E-state index contributed by atoms with van der Waals surface area (Å²) in [6.45, 7) is 0. The van der Waals surface area contributed by atoms with Crippen molar-refractivity contribution in [3.63, 3.8) is 0 Å². The monoisotopic (exact) mass is 768 g/mol. The average molecular weight is 769 g/mol.